The van der Waals surface area contributed by atoms with Crippen LogP contribution in [0.15, 0.2) is 42.5 Å². The molecule has 2 aromatic carbocycles. The standard InChI is InChI=1S/C20H24ClFN2O/c21-19-2-1-3-20(22)18(19)14-25-17-6-4-15(5-7-17)12-24-13-16-8-10-23-11-9-16/h1-7,16,23-24H,8-14H2. The fourth-order valence-corrected chi connectivity index (χ4v) is 3.25. The minimum absolute atomic E-state index is 0.124. The second-order valence-corrected chi connectivity index (χ2v) is 6.86. The van der Waals surface area contributed by atoms with Crippen LogP contribution in [0.5, 0.6) is 5.75 Å². The highest BCUT2D eigenvalue weighted by Gasteiger charge is 2.12. The molecule has 0 saturated carbocycles. The summed E-state index contributed by atoms with van der Waals surface area (Å²) in [5.41, 5.74) is 1.60. The summed E-state index contributed by atoms with van der Waals surface area (Å²) in [5.74, 6) is 1.14. The first-order chi connectivity index (χ1) is 12.2. The Labute approximate surface area is 153 Å². The van der Waals surface area contributed by atoms with Crippen LogP contribution < -0.4 is 15.4 Å². The van der Waals surface area contributed by atoms with E-state index in [1.54, 1.807) is 12.1 Å². The maximum atomic E-state index is 13.7. The molecule has 134 valence electrons. The summed E-state index contributed by atoms with van der Waals surface area (Å²) >= 11 is 6.01. The zero-order valence-corrected chi connectivity index (χ0v) is 15.0. The Kier molecular flexibility index (Phi) is 6.68. The van der Waals surface area contributed by atoms with Crippen molar-refractivity contribution < 1.29 is 9.13 Å². The summed E-state index contributed by atoms with van der Waals surface area (Å²) in [6, 6.07) is 12.5. The van der Waals surface area contributed by atoms with Gasteiger partial charge in [-0.25, -0.2) is 4.39 Å². The van der Waals surface area contributed by atoms with Crippen molar-refractivity contribution in [1.82, 2.24) is 10.6 Å². The van der Waals surface area contributed by atoms with Crippen LogP contribution in [-0.4, -0.2) is 19.6 Å². The largest absolute Gasteiger partial charge is 0.489 e. The van der Waals surface area contributed by atoms with Gasteiger partial charge in [-0.1, -0.05) is 29.8 Å². The molecule has 1 heterocycles. The molecule has 0 bridgehead atoms. The lowest BCUT2D eigenvalue weighted by atomic mass is 9.98. The van der Waals surface area contributed by atoms with E-state index in [1.807, 2.05) is 24.3 Å². The summed E-state index contributed by atoms with van der Waals surface area (Å²) in [6.45, 7) is 4.29. The monoisotopic (exact) mass is 362 g/mol. The van der Waals surface area contributed by atoms with Crippen molar-refractivity contribution in [3.05, 3.63) is 64.4 Å². The lowest BCUT2D eigenvalue weighted by Crippen LogP contribution is -2.33. The van der Waals surface area contributed by atoms with E-state index in [0.29, 0.717) is 16.3 Å². The lowest BCUT2D eigenvalue weighted by Gasteiger charge is -2.22. The fourth-order valence-electron chi connectivity index (χ4n) is 3.04. The van der Waals surface area contributed by atoms with Crippen LogP contribution in [0.4, 0.5) is 4.39 Å². The van der Waals surface area contributed by atoms with Gasteiger partial charge in [-0.3, -0.25) is 0 Å². The average Bonchev–Trinajstić information content (AvgIpc) is 2.63. The molecular weight excluding hydrogens is 339 g/mol. The van der Waals surface area contributed by atoms with Crippen LogP contribution >= 0.6 is 11.6 Å². The van der Waals surface area contributed by atoms with Gasteiger partial charge < -0.3 is 15.4 Å². The Balaban J connectivity index is 1.45. The van der Waals surface area contributed by atoms with Gasteiger partial charge in [0, 0.05) is 12.1 Å². The van der Waals surface area contributed by atoms with Gasteiger partial charge in [0.1, 0.15) is 18.2 Å². The van der Waals surface area contributed by atoms with E-state index in [9.17, 15) is 4.39 Å². The number of halogens is 2. The van der Waals surface area contributed by atoms with Gasteiger partial charge in [-0.15, -0.1) is 0 Å². The third kappa shape index (κ3) is 5.43. The molecule has 0 aliphatic carbocycles. The number of ether oxygens (including phenoxy) is 1. The van der Waals surface area contributed by atoms with Crippen molar-refractivity contribution in [2.24, 2.45) is 5.92 Å². The molecule has 2 N–H and O–H groups in total. The van der Waals surface area contributed by atoms with Crippen LogP contribution in [0.25, 0.3) is 0 Å². The van der Waals surface area contributed by atoms with Gasteiger partial charge in [0.15, 0.2) is 0 Å². The van der Waals surface area contributed by atoms with Crippen LogP contribution in [0.3, 0.4) is 0 Å². The number of rotatable bonds is 7. The second kappa shape index (κ2) is 9.18. The smallest absolute Gasteiger partial charge is 0.131 e. The molecule has 0 aromatic heterocycles. The number of hydrogen-bond acceptors (Lipinski definition) is 3. The quantitative estimate of drug-likeness (QED) is 0.776. The number of piperidine rings is 1. The van der Waals surface area contributed by atoms with E-state index in [1.165, 1.54) is 24.5 Å². The Morgan fingerprint density at radius 2 is 1.88 bits per heavy atom. The third-order valence-corrected chi connectivity index (χ3v) is 4.94. The third-order valence-electron chi connectivity index (χ3n) is 4.59. The van der Waals surface area contributed by atoms with Crippen molar-refractivity contribution in [2.45, 2.75) is 26.0 Å². The van der Waals surface area contributed by atoms with Crippen molar-refractivity contribution in [1.29, 1.82) is 0 Å². The van der Waals surface area contributed by atoms with Crippen molar-refractivity contribution >= 4 is 11.6 Å². The number of nitrogens with one attached hydrogen (secondary N) is 2. The predicted molar refractivity (Wildman–Crippen MR) is 99.5 cm³/mol. The predicted octanol–water partition coefficient (Wildman–Crippen LogP) is 4.15. The first-order valence-corrected chi connectivity index (χ1v) is 9.16. The molecule has 25 heavy (non-hydrogen) atoms. The Bertz CT molecular complexity index is 652. The molecule has 0 amide bonds. The summed E-state index contributed by atoms with van der Waals surface area (Å²) in [5, 5.41) is 7.30. The first-order valence-electron chi connectivity index (χ1n) is 8.78. The molecule has 5 heteroatoms. The second-order valence-electron chi connectivity index (χ2n) is 6.46. The number of benzene rings is 2. The summed E-state index contributed by atoms with van der Waals surface area (Å²) in [4.78, 5) is 0. The fraction of sp³-hybridized carbons (Fsp3) is 0.400. The molecule has 1 saturated heterocycles. The summed E-state index contributed by atoms with van der Waals surface area (Å²) in [7, 11) is 0. The van der Waals surface area contributed by atoms with Crippen molar-refractivity contribution in [3.63, 3.8) is 0 Å². The Morgan fingerprint density at radius 1 is 1.12 bits per heavy atom. The highest BCUT2D eigenvalue weighted by atomic mass is 35.5. The highest BCUT2D eigenvalue weighted by molar-refractivity contribution is 6.31. The van der Waals surface area contributed by atoms with Crippen LogP contribution in [0, 0.1) is 11.7 Å². The molecule has 3 nitrogen and oxygen atoms in total. The maximum absolute atomic E-state index is 13.7. The molecule has 0 radical (unpaired) electrons. The van der Waals surface area contributed by atoms with Gasteiger partial charge in [0.05, 0.1) is 5.02 Å². The Morgan fingerprint density at radius 3 is 2.60 bits per heavy atom. The zero-order valence-electron chi connectivity index (χ0n) is 14.2. The number of hydrogen-bond donors (Lipinski definition) is 2. The maximum Gasteiger partial charge on any atom is 0.131 e. The minimum atomic E-state index is -0.341. The summed E-state index contributed by atoms with van der Waals surface area (Å²) in [6.07, 6.45) is 2.50. The average molecular weight is 363 g/mol. The van der Waals surface area contributed by atoms with Crippen molar-refractivity contribution in [3.8, 4) is 5.75 Å². The molecule has 0 spiro atoms. The van der Waals surface area contributed by atoms with E-state index in [0.717, 1.165) is 32.1 Å². The van der Waals surface area contributed by atoms with Gasteiger partial charge in [-0.2, -0.15) is 0 Å². The highest BCUT2D eigenvalue weighted by Crippen LogP contribution is 2.21. The van der Waals surface area contributed by atoms with Crippen molar-refractivity contribution in [2.75, 3.05) is 19.6 Å². The van der Waals surface area contributed by atoms with E-state index < -0.39 is 0 Å². The van der Waals surface area contributed by atoms with E-state index in [4.69, 9.17) is 16.3 Å². The molecule has 1 fully saturated rings. The zero-order chi connectivity index (χ0) is 17.5. The first kappa shape index (κ1) is 18.2. The molecular formula is C20H24ClFN2O. The minimum Gasteiger partial charge on any atom is -0.489 e. The molecule has 3 rings (SSSR count). The summed E-state index contributed by atoms with van der Waals surface area (Å²) < 4.78 is 19.4. The molecule has 1 aliphatic heterocycles. The van der Waals surface area contributed by atoms with E-state index in [2.05, 4.69) is 10.6 Å². The molecule has 2 aromatic rings. The van der Waals surface area contributed by atoms with Gasteiger partial charge in [-0.05, 0) is 68.2 Å². The molecule has 1 aliphatic rings. The normalized spacial score (nSPS) is 15.3. The van der Waals surface area contributed by atoms with Crippen LogP contribution in [0.2, 0.25) is 5.02 Å². The van der Waals surface area contributed by atoms with Crippen LogP contribution in [-0.2, 0) is 13.2 Å². The van der Waals surface area contributed by atoms with Crippen LogP contribution in [0.1, 0.15) is 24.0 Å². The molecule has 0 unspecified atom stereocenters. The Hall–Kier alpha value is -1.62. The van der Waals surface area contributed by atoms with Gasteiger partial charge in [0.2, 0.25) is 0 Å². The van der Waals surface area contributed by atoms with Gasteiger partial charge >= 0.3 is 0 Å². The van der Waals surface area contributed by atoms with E-state index in [-0.39, 0.29) is 12.4 Å². The SMILES string of the molecule is Fc1cccc(Cl)c1COc1ccc(CNCC2CCNCC2)cc1. The van der Waals surface area contributed by atoms with Gasteiger partial charge in [0.25, 0.3) is 0 Å². The lowest BCUT2D eigenvalue weighted by molar-refractivity contribution is 0.300. The van der Waals surface area contributed by atoms with E-state index >= 15 is 0 Å². The molecule has 0 atom stereocenters. The topological polar surface area (TPSA) is 33.3 Å².